The largest absolute Gasteiger partial charge is 0.494 e. The fraction of sp³-hybridized carbons (Fsp3) is 0.452. The lowest BCUT2D eigenvalue weighted by atomic mass is 9.57. The van der Waals surface area contributed by atoms with Crippen LogP contribution >= 0.6 is 10.2 Å². The second-order valence-electron chi connectivity index (χ2n) is 17.5. The van der Waals surface area contributed by atoms with Crippen molar-refractivity contribution in [3.63, 3.8) is 0 Å². The number of fused-ring (bicyclic) bond motifs is 2. The fourth-order valence-corrected chi connectivity index (χ4v) is 10.8. The number of nitrogens with zero attached hydrogens (tertiary/aromatic N) is 5. The Morgan fingerprint density at radius 3 is 2.37 bits per heavy atom. The molecule has 4 fully saturated rings. The summed E-state index contributed by atoms with van der Waals surface area (Å²) in [4.78, 5) is 70.0. The molecular weight excluding hydrogens is 840 g/mol. The molecule has 330 valence electrons. The Morgan fingerprint density at radius 1 is 0.919 bits per heavy atom. The van der Waals surface area contributed by atoms with Crippen LogP contribution < -0.4 is 20.7 Å². The number of nitrogens with one attached hydrogen (secondary N) is 3. The summed E-state index contributed by atoms with van der Waals surface area (Å²) in [6.45, 7) is 3.86. The van der Waals surface area contributed by atoms with Gasteiger partial charge >= 0.3 is 10.2 Å². The molecule has 2 aromatic heterocycles. The summed E-state index contributed by atoms with van der Waals surface area (Å²) in [7, 11) is -8.73. The van der Waals surface area contributed by atoms with Crippen molar-refractivity contribution in [2.45, 2.75) is 74.9 Å². The molecule has 2 saturated carbocycles. The van der Waals surface area contributed by atoms with E-state index < -0.39 is 56.5 Å². The van der Waals surface area contributed by atoms with Crippen LogP contribution in [0.4, 0.5) is 30.8 Å². The molecule has 20 heteroatoms. The van der Waals surface area contributed by atoms with Gasteiger partial charge in [0.1, 0.15) is 17.5 Å². The number of anilines is 2. The van der Waals surface area contributed by atoms with Crippen molar-refractivity contribution < 1.29 is 48.1 Å². The van der Waals surface area contributed by atoms with E-state index in [9.17, 15) is 43.4 Å². The van der Waals surface area contributed by atoms with Gasteiger partial charge in [0.05, 0.1) is 35.5 Å². The Balaban J connectivity index is 0.724. The molecule has 0 bridgehead atoms. The van der Waals surface area contributed by atoms with Crippen LogP contribution in [0.15, 0.2) is 59.8 Å². The average molecular weight is 885 g/mol. The second kappa shape index (κ2) is 14.5. The summed E-state index contributed by atoms with van der Waals surface area (Å²) in [5.41, 5.74) is 1.36. The lowest BCUT2D eigenvalue weighted by Gasteiger charge is -2.60. The van der Waals surface area contributed by atoms with Crippen molar-refractivity contribution in [3.8, 4) is 5.75 Å². The number of ether oxygens (including phenoxy) is 1. The van der Waals surface area contributed by atoms with Crippen molar-refractivity contribution in [1.82, 2.24) is 29.9 Å². The van der Waals surface area contributed by atoms with Crippen LogP contribution in [0, 0.1) is 17.3 Å². The normalized spacial score (nSPS) is 23.9. The number of halogens is 5. The number of likely N-dealkylation sites (tertiary alicyclic amines) is 1. The van der Waals surface area contributed by atoms with E-state index in [0.29, 0.717) is 46.5 Å². The van der Waals surface area contributed by atoms with E-state index in [2.05, 4.69) is 25.8 Å². The number of hydrogen-bond donors (Lipinski definition) is 3. The molecule has 2 aromatic carbocycles. The Labute approximate surface area is 352 Å². The monoisotopic (exact) mass is 884 g/mol. The van der Waals surface area contributed by atoms with Gasteiger partial charge in [0.25, 0.3) is 17.7 Å². The predicted octanol–water partition coefficient (Wildman–Crippen LogP) is 7.70. The lowest BCUT2D eigenvalue weighted by molar-refractivity contribution is -0.136. The third-order valence-electron chi connectivity index (χ3n) is 13.0. The summed E-state index contributed by atoms with van der Waals surface area (Å²) in [5, 5.41) is 11.1. The summed E-state index contributed by atoms with van der Waals surface area (Å²) in [5.74, 6) is -1.87. The fourth-order valence-electron chi connectivity index (χ4n) is 10.2. The van der Waals surface area contributed by atoms with Crippen LogP contribution in [0.25, 0.3) is 10.9 Å². The number of rotatable bonds is 12. The number of hydrogen-bond acceptors (Lipinski definition) is 10. The summed E-state index contributed by atoms with van der Waals surface area (Å²) < 4.78 is 74.0. The quantitative estimate of drug-likeness (QED) is 0.0948. The zero-order chi connectivity index (χ0) is 43.8. The van der Waals surface area contributed by atoms with Crippen LogP contribution in [0.1, 0.15) is 95.0 Å². The molecule has 3 aliphatic heterocycles. The van der Waals surface area contributed by atoms with Crippen LogP contribution in [0.2, 0.25) is 0 Å². The number of amides is 5. The minimum Gasteiger partial charge on any atom is -0.494 e. The molecule has 1 unspecified atom stereocenters. The standard InChI is InChI=1S/C42H45F5N8O6S/c1-61-34-17-31-26(16-32(34)50-38(57)30-6-3-7-36(49-30)62(43,44,45,46)47)21-54(52-31)27-10-8-24(9-11-27)20-53-22-42(23-53)18-25(19-42)14-15-48-29-5-2-4-28-37(29)41(60)55(40(28)59)33-12-13-35(56)51-39(33)58/h2-7,16-17,21,24-25,27,33,48H,8-15,18-20,22-23H2,1H3,(H,50,57)(H,51,56,58). The lowest BCUT2D eigenvalue weighted by Crippen LogP contribution is -2.63. The molecule has 2 saturated heterocycles. The van der Waals surface area contributed by atoms with Gasteiger partial charge in [-0.15, -0.1) is 0 Å². The molecule has 14 nitrogen and oxygen atoms in total. The number of carbonyl (C=O) groups is 5. The van der Waals surface area contributed by atoms with Gasteiger partial charge < -0.3 is 20.3 Å². The van der Waals surface area contributed by atoms with E-state index in [1.165, 1.54) is 7.11 Å². The van der Waals surface area contributed by atoms with Crippen LogP contribution in [0.3, 0.4) is 0 Å². The smallest absolute Gasteiger partial charge is 0.325 e. The van der Waals surface area contributed by atoms with Crippen molar-refractivity contribution in [2.75, 3.05) is 43.9 Å². The number of piperidine rings is 1. The van der Waals surface area contributed by atoms with Gasteiger partial charge in [0, 0.05) is 55.9 Å². The minimum absolute atomic E-state index is 0.0664. The molecule has 1 spiro atoms. The number of imide groups is 2. The van der Waals surface area contributed by atoms with Gasteiger partial charge in [-0.05, 0) is 98.9 Å². The zero-order valence-corrected chi connectivity index (χ0v) is 34.5. The number of benzene rings is 2. The van der Waals surface area contributed by atoms with Crippen molar-refractivity contribution in [2.24, 2.45) is 17.3 Å². The van der Waals surface area contributed by atoms with Crippen molar-refractivity contribution in [1.29, 1.82) is 0 Å². The Bertz CT molecular complexity index is 2530. The highest BCUT2D eigenvalue weighted by molar-refractivity contribution is 8.45. The molecule has 5 aliphatic rings. The van der Waals surface area contributed by atoms with Gasteiger partial charge in [0.2, 0.25) is 11.8 Å². The van der Waals surface area contributed by atoms with E-state index in [1.807, 2.05) is 10.9 Å². The zero-order valence-electron chi connectivity index (χ0n) is 33.7. The van der Waals surface area contributed by atoms with E-state index in [0.717, 1.165) is 75.5 Å². The van der Waals surface area contributed by atoms with E-state index >= 15 is 0 Å². The topological polar surface area (TPSA) is 168 Å². The number of methoxy groups -OCH3 is 1. The first-order chi connectivity index (χ1) is 29.3. The molecule has 62 heavy (non-hydrogen) atoms. The molecule has 5 heterocycles. The molecule has 5 amide bonds. The van der Waals surface area contributed by atoms with E-state index in [4.69, 9.17) is 9.84 Å². The Hall–Kier alpha value is -5.63. The molecule has 9 rings (SSSR count). The summed E-state index contributed by atoms with van der Waals surface area (Å²) in [6, 6.07) is 9.20. The second-order valence-corrected chi connectivity index (χ2v) is 19.9. The highest BCUT2D eigenvalue weighted by atomic mass is 32.5. The maximum Gasteiger partial charge on any atom is 0.325 e. The number of pyridine rings is 1. The van der Waals surface area contributed by atoms with Crippen LogP contribution in [-0.4, -0.2) is 93.4 Å². The van der Waals surface area contributed by atoms with Gasteiger partial charge in [-0.1, -0.05) is 31.6 Å². The first-order valence-corrected chi connectivity index (χ1v) is 22.6. The van der Waals surface area contributed by atoms with Crippen molar-refractivity contribution >= 4 is 62.0 Å². The molecule has 1 atom stereocenters. The summed E-state index contributed by atoms with van der Waals surface area (Å²) in [6.07, 6.45) is 9.20. The molecule has 3 N–H and O–H groups in total. The minimum atomic E-state index is -10.1. The molecule has 0 radical (unpaired) electrons. The maximum atomic E-state index is 13.4. The van der Waals surface area contributed by atoms with Gasteiger partial charge in [-0.25, -0.2) is 4.98 Å². The highest BCUT2D eigenvalue weighted by Gasteiger charge is 2.67. The third kappa shape index (κ3) is 7.97. The van der Waals surface area contributed by atoms with Crippen molar-refractivity contribution in [3.05, 3.63) is 71.5 Å². The molecule has 2 aliphatic carbocycles. The first-order valence-electron chi connectivity index (χ1n) is 20.7. The number of aromatic nitrogens is 3. The molecular formula is C42H45F5N8O6S. The Morgan fingerprint density at radius 2 is 1.66 bits per heavy atom. The summed E-state index contributed by atoms with van der Waals surface area (Å²) >= 11 is 0. The predicted molar refractivity (Wildman–Crippen MR) is 219 cm³/mol. The average Bonchev–Trinajstić information content (AvgIpc) is 3.72. The Kier molecular flexibility index (Phi) is 9.73. The van der Waals surface area contributed by atoms with E-state index in [1.54, 1.807) is 30.3 Å². The van der Waals surface area contributed by atoms with Crippen LogP contribution in [-0.2, 0) is 9.59 Å². The highest BCUT2D eigenvalue weighted by Crippen LogP contribution is 3.01. The first kappa shape index (κ1) is 41.7. The molecule has 4 aromatic rings. The van der Waals surface area contributed by atoms with Gasteiger partial charge in [0.15, 0.2) is 5.03 Å². The van der Waals surface area contributed by atoms with Gasteiger partial charge in [-0.2, -0.15) is 5.10 Å². The van der Waals surface area contributed by atoms with Gasteiger partial charge in [-0.3, -0.25) is 38.9 Å². The SMILES string of the molecule is COc1cc2nn(C3CCC(CN4CC5(CC(CCNc6cccc7c6C(=O)N(C6CCC(=O)NC6=O)C7=O)C5)C4)CC3)cc2cc1NC(=O)c1cccc(S(F)(F)(F)(F)F)n1. The number of carbonyl (C=O) groups excluding carboxylic acids is 5. The van der Waals surface area contributed by atoms with Crippen LogP contribution in [0.5, 0.6) is 5.75 Å². The van der Waals surface area contributed by atoms with E-state index in [-0.39, 0.29) is 47.5 Å². The third-order valence-corrected chi connectivity index (χ3v) is 14.1. The maximum absolute atomic E-state index is 13.4.